The van der Waals surface area contributed by atoms with E-state index in [2.05, 4.69) is 15.5 Å². The Hall–Kier alpha value is -3.89. The molecule has 1 amide bonds. The van der Waals surface area contributed by atoms with Gasteiger partial charge in [-0.1, -0.05) is 75.1 Å². The smallest absolute Gasteiger partial charge is 0.335 e. The van der Waals surface area contributed by atoms with Crippen molar-refractivity contribution in [1.29, 1.82) is 0 Å². The summed E-state index contributed by atoms with van der Waals surface area (Å²) in [6.07, 6.45) is 16.7. The first-order chi connectivity index (χ1) is 22.9. The maximum Gasteiger partial charge on any atom is 0.335 e. The third-order valence-corrected chi connectivity index (χ3v) is 10.3. The molecule has 1 aliphatic heterocycles. The second-order valence-corrected chi connectivity index (χ2v) is 13.6. The average Bonchev–Trinajstić information content (AvgIpc) is 3.63. The van der Waals surface area contributed by atoms with Crippen LogP contribution in [0.5, 0.6) is 0 Å². The van der Waals surface area contributed by atoms with Gasteiger partial charge in [0.05, 0.1) is 29.5 Å². The molecule has 3 aliphatic rings. The van der Waals surface area contributed by atoms with Crippen LogP contribution < -0.4 is 0 Å². The number of benzene rings is 2. The van der Waals surface area contributed by atoms with Crippen molar-refractivity contribution >= 4 is 35.3 Å². The van der Waals surface area contributed by atoms with Gasteiger partial charge in [0.2, 0.25) is 5.91 Å². The minimum absolute atomic E-state index is 0.0243. The van der Waals surface area contributed by atoms with Gasteiger partial charge in [0.25, 0.3) is 0 Å². The van der Waals surface area contributed by atoms with Crippen molar-refractivity contribution < 1.29 is 24.2 Å². The molecule has 0 bridgehead atoms. The number of carboxylic acid groups (broad SMARTS) is 1. The lowest BCUT2D eigenvalue weighted by Gasteiger charge is -2.48. The molecule has 2 aromatic carbocycles. The molecule has 10 nitrogen and oxygen atoms in total. The third kappa shape index (κ3) is 8.16. The molecule has 3 fully saturated rings. The quantitative estimate of drug-likeness (QED) is 0.249. The van der Waals surface area contributed by atoms with Crippen molar-refractivity contribution in [1.82, 2.24) is 25.1 Å². The number of carbonyl (C=O) groups excluding carboxylic acids is 2. The van der Waals surface area contributed by atoms with Gasteiger partial charge >= 0.3 is 5.97 Å². The minimum atomic E-state index is -1.01. The number of hydrogen-bond acceptors (Lipinski definition) is 7. The van der Waals surface area contributed by atoms with Gasteiger partial charge in [0, 0.05) is 29.6 Å². The summed E-state index contributed by atoms with van der Waals surface area (Å²) in [4.78, 5) is 41.8. The maximum absolute atomic E-state index is 14.4. The second-order valence-electron chi connectivity index (χ2n) is 13.2. The van der Waals surface area contributed by atoms with Crippen LogP contribution in [0.2, 0.25) is 5.02 Å². The minimum Gasteiger partial charge on any atom is -0.478 e. The molecule has 1 N–H and O–H groups in total. The highest BCUT2D eigenvalue weighted by molar-refractivity contribution is 6.30. The van der Waals surface area contributed by atoms with Gasteiger partial charge in [-0.15, -0.1) is 5.10 Å². The fourth-order valence-electron chi connectivity index (χ4n) is 7.76. The number of rotatable bonds is 10. The number of amides is 1. The number of aromatic carboxylic acids is 1. The van der Waals surface area contributed by atoms with E-state index in [0.717, 1.165) is 63.4 Å². The molecule has 2 aliphatic carbocycles. The van der Waals surface area contributed by atoms with E-state index in [0.29, 0.717) is 28.7 Å². The van der Waals surface area contributed by atoms with Crippen molar-refractivity contribution in [2.24, 2.45) is 11.8 Å². The number of likely N-dealkylation sites (tertiary alicyclic amines) is 1. The SMILES string of the molecule is O=C(O)c1ccc(CC(=O)[C@@H]2[C@H](C3CCCCC3)C[C@H](OC3CCCCC3)CN2C(=O)/C=C/c2cc(Cl)ccc2-n2cnnn2)cc1. The normalized spacial score (nSPS) is 22.8. The number of ether oxygens (including phenoxy) is 1. The zero-order valence-electron chi connectivity index (χ0n) is 26.5. The number of carbonyl (C=O) groups is 3. The molecular formula is C36H42ClN5O5. The van der Waals surface area contributed by atoms with E-state index >= 15 is 0 Å². The molecule has 0 unspecified atom stereocenters. The number of nitrogens with zero attached hydrogens (tertiary/aromatic N) is 5. The van der Waals surface area contributed by atoms with Gasteiger partial charge in [-0.05, 0) is 83.5 Å². The standard InChI is InChI=1S/C36H42ClN5O5/c37-28-16-17-32(42-23-38-39-40-42)27(20-28)15-18-34(44)41-22-30(47-29-9-5-2-6-10-29)21-31(25-7-3-1-4-8-25)35(41)33(43)19-24-11-13-26(14-12-24)36(45)46/h11-18,20,23,25,29-31,35H,1-10,19,21-22H2,(H,45,46)/b18-15+/t30-,31-,35-/m0/s1. The average molecular weight is 660 g/mol. The Kier molecular flexibility index (Phi) is 10.8. The van der Waals surface area contributed by atoms with Crippen LogP contribution in [0.1, 0.15) is 92.1 Å². The van der Waals surface area contributed by atoms with Gasteiger partial charge in [-0.25, -0.2) is 4.79 Å². The Labute approximate surface area is 280 Å². The Morgan fingerprint density at radius 2 is 1.66 bits per heavy atom. The molecule has 1 saturated heterocycles. The molecule has 6 rings (SSSR count). The molecule has 2 heterocycles. The summed E-state index contributed by atoms with van der Waals surface area (Å²) in [5, 5.41) is 21.3. The summed E-state index contributed by atoms with van der Waals surface area (Å²) in [6, 6.07) is 11.1. The highest BCUT2D eigenvalue weighted by atomic mass is 35.5. The molecule has 2 saturated carbocycles. The Balaban J connectivity index is 1.32. The summed E-state index contributed by atoms with van der Waals surface area (Å²) in [5.41, 5.74) is 2.23. The van der Waals surface area contributed by atoms with Gasteiger partial charge in [0.15, 0.2) is 5.78 Å². The van der Waals surface area contributed by atoms with Crippen molar-refractivity contribution in [2.45, 2.75) is 95.3 Å². The molecule has 3 atom stereocenters. The molecule has 0 radical (unpaired) electrons. The zero-order valence-corrected chi connectivity index (χ0v) is 27.3. The van der Waals surface area contributed by atoms with Gasteiger partial charge in [-0.2, -0.15) is 4.68 Å². The molecular weight excluding hydrogens is 618 g/mol. The number of carboxylic acids is 1. The number of hydrogen-bond donors (Lipinski definition) is 1. The zero-order chi connectivity index (χ0) is 32.8. The van der Waals surface area contributed by atoms with Crippen molar-refractivity contribution in [3.8, 4) is 5.69 Å². The van der Waals surface area contributed by atoms with Crippen molar-refractivity contribution in [2.75, 3.05) is 6.54 Å². The predicted molar refractivity (Wildman–Crippen MR) is 177 cm³/mol. The van der Waals surface area contributed by atoms with E-state index in [4.69, 9.17) is 16.3 Å². The number of piperidine rings is 1. The third-order valence-electron chi connectivity index (χ3n) is 10.1. The first-order valence-corrected chi connectivity index (χ1v) is 17.3. The van der Waals surface area contributed by atoms with E-state index in [9.17, 15) is 19.5 Å². The monoisotopic (exact) mass is 659 g/mol. The fourth-order valence-corrected chi connectivity index (χ4v) is 7.94. The number of ketones is 1. The van der Waals surface area contributed by atoms with Crippen LogP contribution >= 0.6 is 11.6 Å². The molecule has 11 heteroatoms. The van der Waals surface area contributed by atoms with Crippen LogP contribution in [0, 0.1) is 11.8 Å². The van der Waals surface area contributed by atoms with Crippen LogP contribution in [0.3, 0.4) is 0 Å². The number of tetrazole rings is 1. The summed E-state index contributed by atoms with van der Waals surface area (Å²) in [7, 11) is 0. The lowest BCUT2D eigenvalue weighted by molar-refractivity contribution is -0.152. The lowest BCUT2D eigenvalue weighted by Crippen LogP contribution is -2.59. The Morgan fingerprint density at radius 1 is 0.936 bits per heavy atom. The van der Waals surface area contributed by atoms with Gasteiger partial charge < -0.3 is 14.7 Å². The highest BCUT2D eigenvalue weighted by Gasteiger charge is 2.46. The van der Waals surface area contributed by atoms with E-state index in [1.807, 2.05) is 0 Å². The van der Waals surface area contributed by atoms with Crippen molar-refractivity contribution in [3.05, 3.63) is 76.6 Å². The number of aromatic nitrogens is 4. The molecule has 3 aromatic rings. The second kappa shape index (κ2) is 15.3. The first kappa shape index (κ1) is 33.0. The molecule has 0 spiro atoms. The highest BCUT2D eigenvalue weighted by Crippen LogP contribution is 2.41. The number of Topliss-reactive ketones (excluding diaryl/α,β-unsaturated/α-hetero) is 1. The van der Waals surface area contributed by atoms with Gasteiger partial charge in [0.1, 0.15) is 6.33 Å². The predicted octanol–water partition coefficient (Wildman–Crippen LogP) is 6.35. The Bertz CT molecular complexity index is 1560. The lowest BCUT2D eigenvalue weighted by atomic mass is 9.70. The largest absolute Gasteiger partial charge is 0.478 e. The Morgan fingerprint density at radius 3 is 2.34 bits per heavy atom. The van der Waals surface area contributed by atoms with Crippen LogP contribution in [0.4, 0.5) is 0 Å². The van der Waals surface area contributed by atoms with Crippen LogP contribution in [0.25, 0.3) is 11.8 Å². The number of halogens is 1. The topological polar surface area (TPSA) is 128 Å². The van der Waals surface area contributed by atoms with Crippen LogP contribution in [-0.4, -0.2) is 72.7 Å². The summed E-state index contributed by atoms with van der Waals surface area (Å²) in [6.45, 7) is 0.340. The van der Waals surface area contributed by atoms with E-state index in [-0.39, 0.29) is 41.8 Å². The van der Waals surface area contributed by atoms with Gasteiger partial charge in [-0.3, -0.25) is 9.59 Å². The maximum atomic E-state index is 14.4. The van der Waals surface area contributed by atoms with Crippen molar-refractivity contribution in [3.63, 3.8) is 0 Å². The van der Waals surface area contributed by atoms with E-state index in [1.165, 1.54) is 42.1 Å². The fraction of sp³-hybridized carbons (Fsp3) is 0.500. The summed E-state index contributed by atoms with van der Waals surface area (Å²) in [5.74, 6) is -1.00. The van der Waals surface area contributed by atoms with E-state index in [1.54, 1.807) is 41.3 Å². The molecule has 1 aromatic heterocycles. The summed E-state index contributed by atoms with van der Waals surface area (Å²) >= 11 is 6.34. The molecule has 248 valence electrons. The van der Waals surface area contributed by atoms with Crippen LogP contribution in [-0.2, 0) is 20.7 Å². The van der Waals surface area contributed by atoms with E-state index < -0.39 is 12.0 Å². The molecule has 47 heavy (non-hydrogen) atoms. The van der Waals surface area contributed by atoms with Crippen LogP contribution in [0.15, 0.2) is 54.9 Å². The summed E-state index contributed by atoms with van der Waals surface area (Å²) < 4.78 is 8.24. The first-order valence-electron chi connectivity index (χ1n) is 16.9.